The van der Waals surface area contributed by atoms with Crippen LogP contribution in [0.5, 0.6) is 0 Å². The Bertz CT molecular complexity index is 816. The molecule has 0 aliphatic heterocycles. The highest BCUT2D eigenvalue weighted by molar-refractivity contribution is 7.17. The Morgan fingerprint density at radius 1 is 1.30 bits per heavy atom. The Morgan fingerprint density at radius 3 is 2.74 bits per heavy atom. The lowest BCUT2D eigenvalue weighted by Gasteiger charge is -2.18. The van der Waals surface area contributed by atoms with Gasteiger partial charge < -0.3 is 10.1 Å². The molecule has 1 aliphatic rings. The number of methoxy groups -OCH3 is 1. The number of carbonyl (C=O) groups is 2. The van der Waals surface area contributed by atoms with Gasteiger partial charge in [-0.15, -0.1) is 11.3 Å². The lowest BCUT2D eigenvalue weighted by atomic mass is 9.88. The van der Waals surface area contributed by atoms with Crippen LogP contribution in [0.25, 0.3) is 0 Å². The molecule has 0 bridgehead atoms. The van der Waals surface area contributed by atoms with Gasteiger partial charge in [0.2, 0.25) is 5.91 Å². The molecule has 1 N–H and O–H groups in total. The maximum Gasteiger partial charge on any atom is 0.341 e. The molecule has 0 fully saturated rings. The van der Waals surface area contributed by atoms with Crippen molar-refractivity contribution < 1.29 is 14.3 Å². The number of hydrogen-bond donors (Lipinski definition) is 1. The van der Waals surface area contributed by atoms with Crippen LogP contribution in [0.4, 0.5) is 5.00 Å². The maximum atomic E-state index is 12.6. The standard InChI is InChI=1S/C21H26N2O3S/c1-14-9-10-16-17(11-14)27-20(19(16)21(25)26-3)22-18(24)13-23(2)12-15-7-5-4-6-8-15/h4-8,14H,9-13H2,1-3H3,(H,22,24). The molecule has 6 heteroatoms. The number of benzene rings is 1. The van der Waals surface area contributed by atoms with Crippen LogP contribution in [0.2, 0.25) is 0 Å². The quantitative estimate of drug-likeness (QED) is 0.769. The third-order valence-electron chi connectivity index (χ3n) is 4.86. The van der Waals surface area contributed by atoms with E-state index in [0.717, 1.165) is 30.4 Å². The first-order valence-electron chi connectivity index (χ1n) is 9.23. The molecule has 0 saturated carbocycles. The van der Waals surface area contributed by atoms with Gasteiger partial charge in [0.05, 0.1) is 19.2 Å². The van der Waals surface area contributed by atoms with Crippen molar-refractivity contribution in [2.75, 3.05) is 26.0 Å². The number of rotatable bonds is 6. The summed E-state index contributed by atoms with van der Waals surface area (Å²) >= 11 is 1.52. The van der Waals surface area contributed by atoms with Crippen LogP contribution in [0.15, 0.2) is 30.3 Å². The van der Waals surface area contributed by atoms with E-state index >= 15 is 0 Å². The first-order valence-corrected chi connectivity index (χ1v) is 10.0. The van der Waals surface area contributed by atoms with Gasteiger partial charge in [0, 0.05) is 11.4 Å². The van der Waals surface area contributed by atoms with Gasteiger partial charge in [0.25, 0.3) is 0 Å². The first-order chi connectivity index (χ1) is 13.0. The summed E-state index contributed by atoms with van der Waals surface area (Å²) in [6, 6.07) is 10.0. The van der Waals surface area contributed by atoms with Crippen molar-refractivity contribution in [1.82, 2.24) is 4.90 Å². The number of fused-ring (bicyclic) bond motifs is 1. The maximum absolute atomic E-state index is 12.6. The number of nitrogens with one attached hydrogen (secondary N) is 1. The minimum absolute atomic E-state index is 0.120. The SMILES string of the molecule is COC(=O)c1c(NC(=O)CN(C)Cc2ccccc2)sc2c1CCC(C)C2. The molecule has 2 aromatic rings. The first kappa shape index (κ1) is 19.6. The highest BCUT2D eigenvalue weighted by Crippen LogP contribution is 2.40. The number of carbonyl (C=O) groups excluding carboxylic acids is 2. The number of anilines is 1. The Balaban J connectivity index is 1.70. The van der Waals surface area contributed by atoms with Gasteiger partial charge in [-0.2, -0.15) is 0 Å². The van der Waals surface area contributed by atoms with E-state index in [1.807, 2.05) is 42.3 Å². The van der Waals surface area contributed by atoms with Crippen LogP contribution in [0.1, 0.15) is 39.7 Å². The average molecular weight is 387 g/mol. The Labute approximate surface area is 164 Å². The largest absolute Gasteiger partial charge is 0.465 e. The van der Waals surface area contributed by atoms with E-state index in [1.54, 1.807) is 0 Å². The van der Waals surface area contributed by atoms with E-state index in [4.69, 9.17) is 4.74 Å². The third-order valence-corrected chi connectivity index (χ3v) is 6.03. The number of nitrogens with zero attached hydrogens (tertiary/aromatic N) is 1. The molecule has 1 heterocycles. The van der Waals surface area contributed by atoms with Crippen LogP contribution >= 0.6 is 11.3 Å². The van der Waals surface area contributed by atoms with Crippen molar-refractivity contribution in [1.29, 1.82) is 0 Å². The zero-order chi connectivity index (χ0) is 19.4. The van der Waals surface area contributed by atoms with Crippen LogP contribution in [0, 0.1) is 5.92 Å². The third kappa shape index (κ3) is 4.76. The highest BCUT2D eigenvalue weighted by atomic mass is 32.1. The number of hydrogen-bond acceptors (Lipinski definition) is 5. The zero-order valence-electron chi connectivity index (χ0n) is 16.1. The minimum Gasteiger partial charge on any atom is -0.465 e. The van der Waals surface area contributed by atoms with E-state index in [0.29, 0.717) is 23.0 Å². The second-order valence-corrected chi connectivity index (χ2v) is 8.36. The number of esters is 1. The van der Waals surface area contributed by atoms with E-state index < -0.39 is 0 Å². The number of amides is 1. The van der Waals surface area contributed by atoms with Crippen molar-refractivity contribution in [3.63, 3.8) is 0 Å². The fourth-order valence-electron chi connectivity index (χ4n) is 3.52. The molecule has 144 valence electrons. The summed E-state index contributed by atoms with van der Waals surface area (Å²) in [5.41, 5.74) is 2.75. The predicted molar refractivity (Wildman–Crippen MR) is 108 cm³/mol. The van der Waals surface area contributed by atoms with Gasteiger partial charge in [0.1, 0.15) is 5.00 Å². The number of thiophene rings is 1. The van der Waals surface area contributed by atoms with E-state index in [9.17, 15) is 9.59 Å². The lowest BCUT2D eigenvalue weighted by molar-refractivity contribution is -0.117. The van der Waals surface area contributed by atoms with Crippen molar-refractivity contribution in [2.24, 2.45) is 5.92 Å². The topological polar surface area (TPSA) is 58.6 Å². The van der Waals surface area contributed by atoms with Crippen molar-refractivity contribution >= 4 is 28.2 Å². The van der Waals surface area contributed by atoms with Crippen molar-refractivity contribution in [3.8, 4) is 0 Å². The molecule has 0 radical (unpaired) electrons. The van der Waals surface area contributed by atoms with Gasteiger partial charge in [-0.25, -0.2) is 4.79 Å². The summed E-state index contributed by atoms with van der Waals surface area (Å²) in [7, 11) is 3.30. The van der Waals surface area contributed by atoms with Crippen LogP contribution in [-0.4, -0.2) is 37.5 Å². The molecule has 1 aliphatic carbocycles. The molecule has 1 atom stereocenters. The summed E-state index contributed by atoms with van der Waals surface area (Å²) in [6.45, 7) is 3.17. The second-order valence-electron chi connectivity index (χ2n) is 7.25. The van der Waals surface area contributed by atoms with Crippen molar-refractivity contribution in [2.45, 2.75) is 32.7 Å². The zero-order valence-corrected chi connectivity index (χ0v) is 16.9. The second kappa shape index (κ2) is 8.67. The summed E-state index contributed by atoms with van der Waals surface area (Å²) in [6.07, 6.45) is 2.87. The smallest absolute Gasteiger partial charge is 0.341 e. The molecule has 1 amide bonds. The minimum atomic E-state index is -0.366. The van der Waals surface area contributed by atoms with Crippen LogP contribution in [0.3, 0.4) is 0 Å². The molecule has 5 nitrogen and oxygen atoms in total. The molecule has 1 aromatic carbocycles. The molecule has 1 aromatic heterocycles. The van der Waals surface area contributed by atoms with Gasteiger partial charge in [-0.1, -0.05) is 37.3 Å². The van der Waals surface area contributed by atoms with E-state index in [1.165, 1.54) is 23.3 Å². The Hall–Kier alpha value is -2.18. The van der Waals surface area contributed by atoms with Gasteiger partial charge >= 0.3 is 5.97 Å². The Morgan fingerprint density at radius 2 is 2.04 bits per heavy atom. The molecule has 0 spiro atoms. The molecular weight excluding hydrogens is 360 g/mol. The molecular formula is C21H26N2O3S. The van der Waals surface area contributed by atoms with Gasteiger partial charge in [-0.05, 0) is 43.4 Å². The summed E-state index contributed by atoms with van der Waals surface area (Å²) in [5, 5.41) is 3.58. The van der Waals surface area contributed by atoms with Gasteiger partial charge in [0.15, 0.2) is 0 Å². The van der Waals surface area contributed by atoms with Crippen LogP contribution in [-0.2, 0) is 28.9 Å². The highest BCUT2D eigenvalue weighted by Gasteiger charge is 2.28. The Kier molecular flexibility index (Phi) is 6.29. The molecule has 1 unspecified atom stereocenters. The fourth-order valence-corrected chi connectivity index (χ4v) is 4.93. The van der Waals surface area contributed by atoms with Crippen LogP contribution < -0.4 is 5.32 Å². The van der Waals surface area contributed by atoms with E-state index in [-0.39, 0.29) is 18.4 Å². The predicted octanol–water partition coefficient (Wildman–Crippen LogP) is 3.73. The summed E-state index contributed by atoms with van der Waals surface area (Å²) in [5.74, 6) is 0.113. The molecule has 3 rings (SSSR count). The van der Waals surface area contributed by atoms with E-state index in [2.05, 4.69) is 12.2 Å². The molecule has 27 heavy (non-hydrogen) atoms. The fraction of sp³-hybridized carbons (Fsp3) is 0.429. The van der Waals surface area contributed by atoms with Crippen molar-refractivity contribution in [3.05, 3.63) is 51.9 Å². The normalized spacial score (nSPS) is 16.1. The summed E-state index contributed by atoms with van der Waals surface area (Å²) in [4.78, 5) is 28.0. The number of ether oxygens (including phenoxy) is 1. The monoisotopic (exact) mass is 386 g/mol. The average Bonchev–Trinajstić information content (AvgIpc) is 2.98. The number of likely N-dealkylation sites (N-methyl/N-ethyl adjacent to an activating group) is 1. The molecule has 0 saturated heterocycles. The van der Waals surface area contributed by atoms with Gasteiger partial charge in [-0.3, -0.25) is 9.69 Å². The lowest BCUT2D eigenvalue weighted by Crippen LogP contribution is -2.30. The summed E-state index contributed by atoms with van der Waals surface area (Å²) < 4.78 is 4.98.